The van der Waals surface area contributed by atoms with E-state index in [-0.39, 0.29) is 5.97 Å². The third-order valence-corrected chi connectivity index (χ3v) is 1.22. The molecule has 11 heavy (non-hydrogen) atoms. The molecule has 64 valence electrons. The first-order chi connectivity index (χ1) is 5.16. The minimum Gasteiger partial charge on any atom is -0.466 e. The summed E-state index contributed by atoms with van der Waals surface area (Å²) in [6, 6.07) is 0. The summed E-state index contributed by atoms with van der Waals surface area (Å²) < 4.78 is 4.65. The van der Waals surface area contributed by atoms with E-state index in [1.165, 1.54) is 13.0 Å². The Labute approximate surface area is 66.7 Å². The summed E-state index contributed by atoms with van der Waals surface area (Å²) >= 11 is 0. The van der Waals surface area contributed by atoms with Crippen LogP contribution in [0.2, 0.25) is 0 Å². The van der Waals surface area contributed by atoms with Crippen molar-refractivity contribution in [1.82, 2.24) is 0 Å². The number of esters is 1. The van der Waals surface area contributed by atoms with E-state index in [1.54, 1.807) is 0 Å². The van der Waals surface area contributed by atoms with Crippen molar-refractivity contribution in [3.8, 4) is 0 Å². The minimum atomic E-state index is -0.481. The molecule has 0 spiro atoms. The Morgan fingerprint density at radius 3 is 2.91 bits per heavy atom. The number of hydrogen-bond donors (Lipinski definition) is 1. The second kappa shape index (κ2) is 5.92. The van der Waals surface area contributed by atoms with Crippen molar-refractivity contribution in [2.75, 3.05) is 6.61 Å². The number of carbonyl (C=O) groups excluding carboxylic acids is 1. The van der Waals surface area contributed by atoms with Crippen LogP contribution >= 0.6 is 0 Å². The van der Waals surface area contributed by atoms with Crippen LogP contribution in [0.3, 0.4) is 0 Å². The third kappa shape index (κ3) is 7.06. The zero-order valence-electron chi connectivity index (χ0n) is 6.75. The van der Waals surface area contributed by atoms with Gasteiger partial charge in [-0.2, -0.15) is 0 Å². The molecule has 0 aromatic heterocycles. The molecule has 0 aliphatic carbocycles. The third-order valence-electron chi connectivity index (χ3n) is 1.22. The molecule has 0 fully saturated rings. The van der Waals surface area contributed by atoms with Crippen LogP contribution in [0.4, 0.5) is 0 Å². The fourth-order valence-corrected chi connectivity index (χ4v) is 0.626. The molecule has 0 amide bonds. The van der Waals surface area contributed by atoms with Gasteiger partial charge >= 0.3 is 5.97 Å². The molecule has 1 unspecified atom stereocenters. The van der Waals surface area contributed by atoms with Gasteiger partial charge in [0.15, 0.2) is 0 Å². The Hall–Kier alpha value is -0.830. The molecule has 3 nitrogen and oxygen atoms in total. The number of rotatable bonds is 5. The van der Waals surface area contributed by atoms with E-state index in [0.29, 0.717) is 19.4 Å². The van der Waals surface area contributed by atoms with Gasteiger partial charge in [0, 0.05) is 6.92 Å². The number of ether oxygens (including phenoxy) is 1. The van der Waals surface area contributed by atoms with E-state index in [4.69, 9.17) is 5.11 Å². The van der Waals surface area contributed by atoms with Crippen molar-refractivity contribution >= 4 is 5.97 Å². The zero-order valence-corrected chi connectivity index (χ0v) is 6.75. The van der Waals surface area contributed by atoms with Crippen LogP contribution < -0.4 is 0 Å². The summed E-state index contributed by atoms with van der Waals surface area (Å²) in [6.07, 6.45) is 2.25. The highest BCUT2D eigenvalue weighted by atomic mass is 16.5. The molecule has 0 aromatic carbocycles. The average Bonchev–Trinajstić information content (AvgIpc) is 1.97. The molecule has 1 atom stereocenters. The van der Waals surface area contributed by atoms with Crippen LogP contribution in [0.5, 0.6) is 0 Å². The quantitative estimate of drug-likeness (QED) is 0.367. The Morgan fingerprint density at radius 2 is 2.45 bits per heavy atom. The highest BCUT2D eigenvalue weighted by Crippen LogP contribution is 1.97. The van der Waals surface area contributed by atoms with Crippen LogP contribution in [0.25, 0.3) is 0 Å². The van der Waals surface area contributed by atoms with Gasteiger partial charge in [-0.1, -0.05) is 6.08 Å². The summed E-state index contributed by atoms with van der Waals surface area (Å²) in [4.78, 5) is 10.3. The molecular weight excluding hydrogens is 144 g/mol. The van der Waals surface area contributed by atoms with Gasteiger partial charge < -0.3 is 9.84 Å². The normalized spacial score (nSPS) is 12.2. The fourth-order valence-electron chi connectivity index (χ4n) is 0.626. The summed E-state index contributed by atoms with van der Waals surface area (Å²) in [5, 5.41) is 8.96. The van der Waals surface area contributed by atoms with Crippen molar-refractivity contribution < 1.29 is 14.6 Å². The van der Waals surface area contributed by atoms with Crippen LogP contribution in [0, 0.1) is 0 Å². The number of hydrogen-bond acceptors (Lipinski definition) is 3. The van der Waals surface area contributed by atoms with Gasteiger partial charge in [-0.15, -0.1) is 6.58 Å². The van der Waals surface area contributed by atoms with Crippen molar-refractivity contribution in [2.45, 2.75) is 25.9 Å². The first-order valence-electron chi connectivity index (χ1n) is 3.60. The SMILES string of the molecule is C=CC(O)CCCOC(C)=O. The smallest absolute Gasteiger partial charge is 0.302 e. The molecule has 0 saturated heterocycles. The Bertz CT molecular complexity index is 131. The zero-order chi connectivity index (χ0) is 8.69. The second-order valence-corrected chi connectivity index (χ2v) is 2.29. The molecule has 3 heteroatoms. The number of aliphatic hydroxyl groups is 1. The van der Waals surface area contributed by atoms with Crippen molar-refractivity contribution in [3.63, 3.8) is 0 Å². The summed E-state index contributed by atoms with van der Waals surface area (Å²) in [7, 11) is 0. The largest absolute Gasteiger partial charge is 0.466 e. The van der Waals surface area contributed by atoms with Crippen molar-refractivity contribution in [2.24, 2.45) is 0 Å². The molecule has 0 saturated carbocycles. The first-order valence-corrected chi connectivity index (χ1v) is 3.60. The van der Waals surface area contributed by atoms with E-state index in [0.717, 1.165) is 0 Å². The van der Waals surface area contributed by atoms with Gasteiger partial charge in [-0.05, 0) is 12.8 Å². The maximum Gasteiger partial charge on any atom is 0.302 e. The van der Waals surface area contributed by atoms with E-state index in [1.807, 2.05) is 0 Å². The van der Waals surface area contributed by atoms with Gasteiger partial charge in [0.05, 0.1) is 12.7 Å². The summed E-state index contributed by atoms with van der Waals surface area (Å²) in [5.74, 6) is -0.280. The van der Waals surface area contributed by atoms with Crippen LogP contribution in [0.1, 0.15) is 19.8 Å². The monoisotopic (exact) mass is 158 g/mol. The predicted octanol–water partition coefficient (Wildman–Crippen LogP) is 0.877. The van der Waals surface area contributed by atoms with E-state index in [9.17, 15) is 4.79 Å². The maximum absolute atomic E-state index is 10.3. The topological polar surface area (TPSA) is 46.5 Å². The average molecular weight is 158 g/mol. The lowest BCUT2D eigenvalue weighted by Gasteiger charge is -2.04. The molecular formula is C8H14O3. The lowest BCUT2D eigenvalue weighted by atomic mass is 10.2. The van der Waals surface area contributed by atoms with Gasteiger partial charge in [0.25, 0.3) is 0 Å². The predicted molar refractivity (Wildman–Crippen MR) is 42.1 cm³/mol. The van der Waals surface area contributed by atoms with Gasteiger partial charge in [-0.3, -0.25) is 4.79 Å². The maximum atomic E-state index is 10.3. The van der Waals surface area contributed by atoms with Crippen molar-refractivity contribution in [3.05, 3.63) is 12.7 Å². The lowest BCUT2D eigenvalue weighted by Crippen LogP contribution is -2.06. The standard InChI is InChI=1S/C8H14O3/c1-3-8(10)5-4-6-11-7(2)9/h3,8,10H,1,4-6H2,2H3. The summed E-state index contributed by atoms with van der Waals surface area (Å²) in [6.45, 7) is 5.16. The lowest BCUT2D eigenvalue weighted by molar-refractivity contribution is -0.141. The molecule has 0 aliphatic rings. The second-order valence-electron chi connectivity index (χ2n) is 2.29. The van der Waals surface area contributed by atoms with Crippen LogP contribution in [-0.2, 0) is 9.53 Å². The molecule has 0 rings (SSSR count). The Kier molecular flexibility index (Phi) is 5.47. The fraction of sp³-hybridized carbons (Fsp3) is 0.625. The van der Waals surface area contributed by atoms with E-state index in [2.05, 4.69) is 11.3 Å². The van der Waals surface area contributed by atoms with E-state index >= 15 is 0 Å². The molecule has 0 heterocycles. The molecule has 0 bridgehead atoms. The van der Waals surface area contributed by atoms with E-state index < -0.39 is 6.10 Å². The molecule has 0 aliphatic heterocycles. The van der Waals surface area contributed by atoms with Crippen LogP contribution in [0.15, 0.2) is 12.7 Å². The molecule has 0 aromatic rings. The highest BCUT2D eigenvalue weighted by molar-refractivity contribution is 5.65. The first kappa shape index (κ1) is 10.2. The number of carbonyl (C=O) groups is 1. The Balaban J connectivity index is 3.14. The Morgan fingerprint density at radius 1 is 1.82 bits per heavy atom. The number of aliphatic hydroxyl groups excluding tert-OH is 1. The molecule has 1 N–H and O–H groups in total. The van der Waals surface area contributed by atoms with Crippen molar-refractivity contribution in [1.29, 1.82) is 0 Å². The van der Waals surface area contributed by atoms with Gasteiger partial charge in [-0.25, -0.2) is 0 Å². The van der Waals surface area contributed by atoms with Gasteiger partial charge in [0.1, 0.15) is 0 Å². The molecule has 0 radical (unpaired) electrons. The highest BCUT2D eigenvalue weighted by Gasteiger charge is 1.98. The van der Waals surface area contributed by atoms with Gasteiger partial charge in [0.2, 0.25) is 0 Å². The minimum absolute atomic E-state index is 0.280. The van der Waals surface area contributed by atoms with Crippen LogP contribution in [-0.4, -0.2) is 23.8 Å². The summed E-state index contributed by atoms with van der Waals surface area (Å²) in [5.41, 5.74) is 0.